The maximum absolute atomic E-state index is 12.6. The molecule has 1 spiro atoms. The Morgan fingerprint density at radius 1 is 1.33 bits per heavy atom. The minimum Gasteiger partial charge on any atom is -0.475 e. The molecule has 1 aliphatic carbocycles. The summed E-state index contributed by atoms with van der Waals surface area (Å²) in [6, 6.07) is 6.23. The third-order valence-electron chi connectivity index (χ3n) is 3.97. The van der Waals surface area contributed by atoms with Crippen LogP contribution >= 0.6 is 0 Å². The fourth-order valence-corrected chi connectivity index (χ4v) is 2.81. The summed E-state index contributed by atoms with van der Waals surface area (Å²) in [6.45, 7) is 6.16. The van der Waals surface area contributed by atoms with E-state index in [1.165, 1.54) is 5.56 Å². The highest BCUT2D eigenvalue weighted by Crippen LogP contribution is 2.47. The summed E-state index contributed by atoms with van der Waals surface area (Å²) in [5.74, 6) is 1.00. The van der Waals surface area contributed by atoms with Crippen LogP contribution in [-0.4, -0.2) is 17.6 Å². The SMILES string of the molecule is Cc1ccc2c(c1)OC1(CCC1)C(=O)N2C(C)C. The molecule has 0 aromatic heterocycles. The maximum atomic E-state index is 12.6. The zero-order valence-corrected chi connectivity index (χ0v) is 11.2. The van der Waals surface area contributed by atoms with Gasteiger partial charge in [-0.3, -0.25) is 4.79 Å². The average molecular weight is 245 g/mol. The number of hydrogen-bond acceptors (Lipinski definition) is 2. The molecular weight excluding hydrogens is 226 g/mol. The van der Waals surface area contributed by atoms with Crippen LogP contribution in [0.4, 0.5) is 5.69 Å². The number of fused-ring (bicyclic) bond motifs is 1. The fourth-order valence-electron chi connectivity index (χ4n) is 2.81. The van der Waals surface area contributed by atoms with Gasteiger partial charge in [0.05, 0.1) is 5.69 Å². The van der Waals surface area contributed by atoms with E-state index in [1.807, 2.05) is 30.0 Å². The van der Waals surface area contributed by atoms with E-state index in [4.69, 9.17) is 4.74 Å². The van der Waals surface area contributed by atoms with E-state index in [0.717, 1.165) is 30.7 Å². The molecule has 1 saturated carbocycles. The normalized spacial score (nSPS) is 20.7. The Bertz CT molecular complexity index is 503. The minimum absolute atomic E-state index is 0.139. The highest BCUT2D eigenvalue weighted by molar-refractivity contribution is 6.03. The number of benzene rings is 1. The van der Waals surface area contributed by atoms with Crippen LogP contribution in [0, 0.1) is 6.92 Å². The van der Waals surface area contributed by atoms with E-state index in [9.17, 15) is 4.79 Å². The Morgan fingerprint density at radius 3 is 2.61 bits per heavy atom. The highest BCUT2D eigenvalue weighted by Gasteiger charge is 2.53. The first kappa shape index (κ1) is 11.6. The van der Waals surface area contributed by atoms with Crippen molar-refractivity contribution in [3.05, 3.63) is 23.8 Å². The first-order valence-electron chi connectivity index (χ1n) is 6.67. The molecule has 3 nitrogen and oxygen atoms in total. The predicted octanol–water partition coefficient (Wildman–Crippen LogP) is 3.05. The molecule has 0 bridgehead atoms. The van der Waals surface area contributed by atoms with Crippen LogP contribution in [0.3, 0.4) is 0 Å². The number of hydrogen-bond donors (Lipinski definition) is 0. The van der Waals surface area contributed by atoms with Crippen molar-refractivity contribution in [1.82, 2.24) is 0 Å². The lowest BCUT2D eigenvalue weighted by Crippen LogP contribution is -2.61. The fraction of sp³-hybridized carbons (Fsp3) is 0.533. The summed E-state index contributed by atoms with van der Waals surface area (Å²) < 4.78 is 6.04. The van der Waals surface area contributed by atoms with Crippen LogP contribution in [-0.2, 0) is 4.79 Å². The molecule has 18 heavy (non-hydrogen) atoms. The van der Waals surface area contributed by atoms with E-state index in [0.29, 0.717) is 0 Å². The van der Waals surface area contributed by atoms with E-state index in [1.54, 1.807) is 0 Å². The highest BCUT2D eigenvalue weighted by atomic mass is 16.5. The summed E-state index contributed by atoms with van der Waals surface area (Å²) in [4.78, 5) is 14.5. The second-order valence-corrected chi connectivity index (χ2v) is 5.69. The smallest absolute Gasteiger partial charge is 0.271 e. The Balaban J connectivity index is 2.12. The largest absolute Gasteiger partial charge is 0.475 e. The average Bonchev–Trinajstić information content (AvgIpc) is 2.25. The molecule has 0 atom stereocenters. The van der Waals surface area contributed by atoms with Crippen LogP contribution < -0.4 is 9.64 Å². The van der Waals surface area contributed by atoms with Gasteiger partial charge < -0.3 is 9.64 Å². The molecule has 1 heterocycles. The van der Waals surface area contributed by atoms with Crippen molar-refractivity contribution in [3.8, 4) is 5.75 Å². The topological polar surface area (TPSA) is 29.5 Å². The second-order valence-electron chi connectivity index (χ2n) is 5.69. The van der Waals surface area contributed by atoms with Crippen molar-refractivity contribution < 1.29 is 9.53 Å². The number of rotatable bonds is 1. The van der Waals surface area contributed by atoms with Crippen LogP contribution in [0.2, 0.25) is 0 Å². The molecule has 1 aliphatic heterocycles. The van der Waals surface area contributed by atoms with Gasteiger partial charge in [0.2, 0.25) is 0 Å². The summed E-state index contributed by atoms with van der Waals surface area (Å²) in [7, 11) is 0. The first-order chi connectivity index (χ1) is 8.53. The summed E-state index contributed by atoms with van der Waals surface area (Å²) in [5.41, 5.74) is 1.52. The Kier molecular flexibility index (Phi) is 2.40. The molecule has 0 radical (unpaired) electrons. The lowest BCUT2D eigenvalue weighted by atomic mass is 9.77. The maximum Gasteiger partial charge on any atom is 0.271 e. The molecule has 1 aromatic rings. The van der Waals surface area contributed by atoms with Crippen molar-refractivity contribution in [2.75, 3.05) is 4.90 Å². The van der Waals surface area contributed by atoms with Gasteiger partial charge in [0.1, 0.15) is 5.75 Å². The van der Waals surface area contributed by atoms with Gasteiger partial charge in [-0.15, -0.1) is 0 Å². The molecule has 3 rings (SSSR count). The van der Waals surface area contributed by atoms with Gasteiger partial charge >= 0.3 is 0 Å². The lowest BCUT2D eigenvalue weighted by molar-refractivity contribution is -0.143. The van der Waals surface area contributed by atoms with Gasteiger partial charge in [-0.1, -0.05) is 6.07 Å². The molecule has 2 aliphatic rings. The van der Waals surface area contributed by atoms with Gasteiger partial charge in [0.15, 0.2) is 5.60 Å². The molecule has 1 amide bonds. The molecule has 1 aromatic carbocycles. The summed E-state index contributed by atoms with van der Waals surface area (Å²) in [5, 5.41) is 0. The van der Waals surface area contributed by atoms with Crippen molar-refractivity contribution in [2.45, 2.75) is 51.7 Å². The first-order valence-corrected chi connectivity index (χ1v) is 6.67. The van der Waals surface area contributed by atoms with Crippen LogP contribution in [0.5, 0.6) is 5.75 Å². The lowest BCUT2D eigenvalue weighted by Gasteiger charge is -2.48. The molecule has 3 heteroatoms. The zero-order valence-electron chi connectivity index (χ0n) is 11.2. The molecule has 0 saturated heterocycles. The van der Waals surface area contributed by atoms with E-state index in [2.05, 4.69) is 13.8 Å². The summed E-state index contributed by atoms with van der Waals surface area (Å²) >= 11 is 0. The standard InChI is InChI=1S/C15H19NO2/c1-10(2)16-12-6-5-11(3)9-13(12)18-15(14(16)17)7-4-8-15/h5-6,9-10H,4,7-8H2,1-3H3. The number of amides is 1. The Labute approximate surface area is 108 Å². The van der Waals surface area contributed by atoms with E-state index >= 15 is 0 Å². The molecule has 96 valence electrons. The molecule has 1 fully saturated rings. The van der Waals surface area contributed by atoms with Crippen molar-refractivity contribution >= 4 is 11.6 Å². The number of carbonyl (C=O) groups excluding carboxylic acids is 1. The van der Waals surface area contributed by atoms with Crippen LogP contribution in [0.25, 0.3) is 0 Å². The predicted molar refractivity (Wildman–Crippen MR) is 71.0 cm³/mol. The number of ether oxygens (including phenoxy) is 1. The van der Waals surface area contributed by atoms with Gasteiger partial charge in [0.25, 0.3) is 5.91 Å². The monoisotopic (exact) mass is 245 g/mol. The second kappa shape index (κ2) is 3.74. The molecular formula is C15H19NO2. The molecule has 0 unspecified atom stereocenters. The van der Waals surface area contributed by atoms with Gasteiger partial charge in [-0.2, -0.15) is 0 Å². The Morgan fingerprint density at radius 2 is 2.06 bits per heavy atom. The minimum atomic E-state index is -0.564. The third kappa shape index (κ3) is 1.46. The number of anilines is 1. The third-order valence-corrected chi connectivity index (χ3v) is 3.97. The van der Waals surface area contributed by atoms with Crippen molar-refractivity contribution in [2.24, 2.45) is 0 Å². The number of nitrogens with zero attached hydrogens (tertiary/aromatic N) is 1. The van der Waals surface area contributed by atoms with E-state index in [-0.39, 0.29) is 11.9 Å². The van der Waals surface area contributed by atoms with Crippen molar-refractivity contribution in [3.63, 3.8) is 0 Å². The zero-order chi connectivity index (χ0) is 12.9. The number of carbonyl (C=O) groups is 1. The van der Waals surface area contributed by atoms with Gasteiger partial charge in [0, 0.05) is 6.04 Å². The quantitative estimate of drug-likeness (QED) is 0.761. The molecule has 0 N–H and O–H groups in total. The number of aryl methyl sites for hydroxylation is 1. The van der Waals surface area contributed by atoms with Gasteiger partial charge in [-0.25, -0.2) is 0 Å². The summed E-state index contributed by atoms with van der Waals surface area (Å²) in [6.07, 6.45) is 2.78. The van der Waals surface area contributed by atoms with Crippen molar-refractivity contribution in [1.29, 1.82) is 0 Å². The van der Waals surface area contributed by atoms with Gasteiger partial charge in [-0.05, 0) is 57.7 Å². The Hall–Kier alpha value is -1.51. The van der Waals surface area contributed by atoms with Crippen LogP contribution in [0.1, 0.15) is 38.7 Å². The van der Waals surface area contributed by atoms with Crippen LogP contribution in [0.15, 0.2) is 18.2 Å². The van der Waals surface area contributed by atoms with E-state index < -0.39 is 5.60 Å².